The van der Waals surface area contributed by atoms with Gasteiger partial charge in [-0.3, -0.25) is 4.79 Å². The number of para-hydroxylation sites is 1. The average Bonchev–Trinajstić information content (AvgIpc) is 2.59. The highest BCUT2D eigenvalue weighted by Gasteiger charge is 2.30. The highest BCUT2D eigenvalue weighted by atomic mass is 16.5. The van der Waals surface area contributed by atoms with Gasteiger partial charge in [0.15, 0.2) is 5.78 Å². The van der Waals surface area contributed by atoms with E-state index in [1.54, 1.807) is 24.3 Å². The molecule has 0 aromatic heterocycles. The molecular weight excluding hydrogens is 292 g/mol. The molecule has 0 amide bonds. The zero-order chi connectivity index (χ0) is 16.8. The van der Waals surface area contributed by atoms with Crippen molar-refractivity contribution in [3.05, 3.63) is 65.7 Å². The number of methoxy groups -OCH3 is 1. The zero-order valence-corrected chi connectivity index (χ0v) is 13.2. The van der Waals surface area contributed by atoms with E-state index in [1.165, 1.54) is 14.0 Å². The molecule has 0 heterocycles. The van der Waals surface area contributed by atoms with Crippen LogP contribution < -0.4 is 4.74 Å². The maximum atomic E-state index is 12.7. The number of aliphatic hydroxyl groups excluding tert-OH is 1. The zero-order valence-electron chi connectivity index (χ0n) is 13.2. The molecule has 0 spiro atoms. The molecule has 0 bridgehead atoms. The minimum absolute atomic E-state index is 0.0780. The fraction of sp³-hybridized carbons (Fsp3) is 0.263. The number of aliphatic hydroxyl groups is 1. The summed E-state index contributed by atoms with van der Waals surface area (Å²) in [6, 6.07) is 15.9. The molecule has 4 heteroatoms. The Morgan fingerprint density at radius 3 is 2.26 bits per heavy atom. The minimum Gasteiger partial charge on any atom is -0.496 e. The Bertz CT molecular complexity index is 679. The van der Waals surface area contributed by atoms with Crippen LogP contribution in [0.25, 0.3) is 0 Å². The van der Waals surface area contributed by atoms with Gasteiger partial charge in [0.05, 0.1) is 12.7 Å². The van der Waals surface area contributed by atoms with Crippen LogP contribution in [0.2, 0.25) is 0 Å². The van der Waals surface area contributed by atoms with E-state index in [2.05, 4.69) is 0 Å². The summed E-state index contributed by atoms with van der Waals surface area (Å²) < 4.78 is 5.18. The molecule has 2 atom stereocenters. The van der Waals surface area contributed by atoms with Gasteiger partial charge in [0, 0.05) is 12.3 Å². The summed E-state index contributed by atoms with van der Waals surface area (Å²) in [6.45, 7) is 1.45. The van der Waals surface area contributed by atoms with Crippen molar-refractivity contribution in [2.45, 2.75) is 25.4 Å². The molecule has 0 saturated carbocycles. The maximum absolute atomic E-state index is 12.7. The SMILES string of the molecule is COc1ccccc1C(=O)[C@H](O)[C@H](CC(C)=O)c1ccccc1. The Kier molecular flexibility index (Phi) is 5.66. The normalized spacial score (nSPS) is 13.2. The Hall–Kier alpha value is -2.46. The monoisotopic (exact) mass is 312 g/mol. The third-order valence-corrected chi connectivity index (χ3v) is 3.76. The smallest absolute Gasteiger partial charge is 0.195 e. The lowest BCUT2D eigenvalue weighted by Crippen LogP contribution is -2.29. The van der Waals surface area contributed by atoms with Gasteiger partial charge in [-0.05, 0) is 24.6 Å². The van der Waals surface area contributed by atoms with Crippen molar-refractivity contribution in [1.29, 1.82) is 0 Å². The van der Waals surface area contributed by atoms with Crippen LogP contribution in [0.4, 0.5) is 0 Å². The Labute approximate surface area is 135 Å². The molecule has 0 saturated heterocycles. The molecule has 2 aromatic carbocycles. The second-order valence-electron chi connectivity index (χ2n) is 5.43. The second kappa shape index (κ2) is 7.70. The summed E-state index contributed by atoms with van der Waals surface area (Å²) in [5, 5.41) is 10.6. The quantitative estimate of drug-likeness (QED) is 0.798. The number of rotatable bonds is 7. The first kappa shape index (κ1) is 16.9. The van der Waals surface area contributed by atoms with Gasteiger partial charge in [-0.1, -0.05) is 42.5 Å². The lowest BCUT2D eigenvalue weighted by molar-refractivity contribution is -0.117. The number of benzene rings is 2. The number of hydrogen-bond donors (Lipinski definition) is 1. The Morgan fingerprint density at radius 2 is 1.65 bits per heavy atom. The van der Waals surface area contributed by atoms with E-state index in [0.29, 0.717) is 11.3 Å². The fourth-order valence-electron chi connectivity index (χ4n) is 2.61. The van der Waals surface area contributed by atoms with E-state index in [0.717, 1.165) is 5.56 Å². The van der Waals surface area contributed by atoms with Gasteiger partial charge in [0.25, 0.3) is 0 Å². The fourth-order valence-corrected chi connectivity index (χ4v) is 2.61. The minimum atomic E-state index is -1.31. The molecular formula is C19H20O4. The molecule has 0 aliphatic heterocycles. The van der Waals surface area contributed by atoms with Crippen molar-refractivity contribution in [1.82, 2.24) is 0 Å². The topological polar surface area (TPSA) is 63.6 Å². The number of Topliss-reactive ketones (excluding diaryl/α,β-unsaturated/α-hetero) is 2. The molecule has 0 radical (unpaired) electrons. The summed E-state index contributed by atoms with van der Waals surface area (Å²) in [7, 11) is 1.47. The molecule has 0 unspecified atom stereocenters. The van der Waals surface area contributed by atoms with E-state index in [1.807, 2.05) is 30.3 Å². The number of carbonyl (C=O) groups is 2. The largest absolute Gasteiger partial charge is 0.496 e. The predicted molar refractivity (Wildman–Crippen MR) is 87.8 cm³/mol. The van der Waals surface area contributed by atoms with Crippen molar-refractivity contribution in [3.63, 3.8) is 0 Å². The van der Waals surface area contributed by atoms with Gasteiger partial charge in [-0.25, -0.2) is 0 Å². The van der Waals surface area contributed by atoms with Crippen molar-refractivity contribution in [2.75, 3.05) is 7.11 Å². The highest BCUT2D eigenvalue weighted by Crippen LogP contribution is 2.28. The molecule has 1 N–H and O–H groups in total. The third kappa shape index (κ3) is 4.05. The van der Waals surface area contributed by atoms with Crippen LogP contribution in [0, 0.1) is 0 Å². The van der Waals surface area contributed by atoms with Gasteiger partial charge < -0.3 is 14.6 Å². The molecule has 0 aliphatic rings. The number of carbonyl (C=O) groups excluding carboxylic acids is 2. The van der Waals surface area contributed by atoms with Crippen LogP contribution in [0.5, 0.6) is 5.75 Å². The molecule has 4 nitrogen and oxygen atoms in total. The van der Waals surface area contributed by atoms with Crippen LogP contribution >= 0.6 is 0 Å². The van der Waals surface area contributed by atoms with Gasteiger partial charge in [0.2, 0.25) is 0 Å². The molecule has 0 aliphatic carbocycles. The average molecular weight is 312 g/mol. The first-order valence-electron chi connectivity index (χ1n) is 7.44. The van der Waals surface area contributed by atoms with Crippen LogP contribution in [-0.2, 0) is 4.79 Å². The van der Waals surface area contributed by atoms with Crippen molar-refractivity contribution < 1.29 is 19.4 Å². The van der Waals surface area contributed by atoms with Gasteiger partial charge >= 0.3 is 0 Å². The van der Waals surface area contributed by atoms with Gasteiger partial charge in [-0.2, -0.15) is 0 Å². The Balaban J connectivity index is 2.35. The van der Waals surface area contributed by atoms with Crippen molar-refractivity contribution in [2.24, 2.45) is 0 Å². The van der Waals surface area contributed by atoms with Gasteiger partial charge in [0.1, 0.15) is 17.6 Å². The molecule has 2 aromatic rings. The number of ether oxygens (including phenoxy) is 1. The summed E-state index contributed by atoms with van der Waals surface area (Å²) in [6.07, 6.45) is -1.20. The lowest BCUT2D eigenvalue weighted by atomic mass is 9.85. The predicted octanol–water partition coefficient (Wildman–Crippen LogP) is 3.00. The van der Waals surface area contributed by atoms with E-state index in [9.17, 15) is 14.7 Å². The van der Waals surface area contributed by atoms with E-state index >= 15 is 0 Å². The van der Waals surface area contributed by atoms with E-state index in [-0.39, 0.29) is 12.2 Å². The van der Waals surface area contributed by atoms with Crippen molar-refractivity contribution >= 4 is 11.6 Å². The number of ketones is 2. The first-order chi connectivity index (χ1) is 11.0. The Morgan fingerprint density at radius 1 is 1.04 bits per heavy atom. The first-order valence-corrected chi connectivity index (χ1v) is 7.44. The van der Waals surface area contributed by atoms with Crippen molar-refractivity contribution in [3.8, 4) is 5.75 Å². The third-order valence-electron chi connectivity index (χ3n) is 3.76. The summed E-state index contributed by atoms with van der Waals surface area (Å²) >= 11 is 0. The standard InChI is InChI=1S/C19H20O4/c1-13(20)12-16(14-8-4-3-5-9-14)19(22)18(21)15-10-6-7-11-17(15)23-2/h3-11,16,19,22H,12H2,1-2H3/t16-,19-/m1/s1. The van der Waals surface area contributed by atoms with Gasteiger partial charge in [-0.15, -0.1) is 0 Å². The molecule has 23 heavy (non-hydrogen) atoms. The van der Waals surface area contributed by atoms with Crippen LogP contribution in [-0.4, -0.2) is 29.9 Å². The lowest BCUT2D eigenvalue weighted by Gasteiger charge is -2.22. The summed E-state index contributed by atoms with van der Waals surface area (Å²) in [5.74, 6) is -0.694. The van der Waals surface area contributed by atoms with E-state index in [4.69, 9.17) is 4.74 Å². The van der Waals surface area contributed by atoms with E-state index < -0.39 is 17.8 Å². The van der Waals surface area contributed by atoms with Crippen LogP contribution in [0.15, 0.2) is 54.6 Å². The van der Waals surface area contributed by atoms with Crippen LogP contribution in [0.3, 0.4) is 0 Å². The number of hydrogen-bond acceptors (Lipinski definition) is 4. The second-order valence-corrected chi connectivity index (χ2v) is 5.43. The molecule has 0 fully saturated rings. The summed E-state index contributed by atoms with van der Waals surface area (Å²) in [5.41, 5.74) is 1.07. The highest BCUT2D eigenvalue weighted by molar-refractivity contribution is 6.02. The molecule has 2 rings (SSSR count). The summed E-state index contributed by atoms with van der Waals surface area (Å²) in [4.78, 5) is 24.2. The molecule has 120 valence electrons. The maximum Gasteiger partial charge on any atom is 0.195 e. The van der Waals surface area contributed by atoms with Crippen LogP contribution in [0.1, 0.15) is 35.2 Å².